The number of hydrogen-bond acceptors (Lipinski definition) is 5. The normalized spacial score (nSPS) is 20.1. The summed E-state index contributed by atoms with van der Waals surface area (Å²) in [6.45, 7) is 6.14. The van der Waals surface area contributed by atoms with Gasteiger partial charge < -0.3 is 15.5 Å². The zero-order valence-corrected chi connectivity index (χ0v) is 19.1. The van der Waals surface area contributed by atoms with Gasteiger partial charge in [0, 0.05) is 68.7 Å². The number of carbonyl (C=O) groups excluding carboxylic acids is 1. The van der Waals surface area contributed by atoms with Crippen LogP contribution in [0.15, 0.2) is 41.9 Å². The molecule has 0 saturated heterocycles. The second kappa shape index (κ2) is 8.75. The van der Waals surface area contributed by atoms with Crippen LogP contribution in [-0.4, -0.2) is 53.4 Å². The van der Waals surface area contributed by atoms with Crippen LogP contribution in [-0.2, 0) is 11.8 Å². The third-order valence-electron chi connectivity index (χ3n) is 6.81. The van der Waals surface area contributed by atoms with E-state index in [1.165, 1.54) is 16.8 Å². The van der Waals surface area contributed by atoms with E-state index in [2.05, 4.69) is 46.6 Å². The Bertz CT molecular complexity index is 994. The molecule has 2 atom stereocenters. The Morgan fingerprint density at radius 3 is 2.77 bits per heavy atom. The Morgan fingerprint density at radius 2 is 2.13 bits per heavy atom. The summed E-state index contributed by atoms with van der Waals surface area (Å²) in [6, 6.07) is 6.76. The number of amides is 1. The van der Waals surface area contributed by atoms with Crippen molar-refractivity contribution >= 4 is 11.6 Å². The molecule has 3 heterocycles. The minimum atomic E-state index is -0.0250. The molecule has 2 aromatic rings. The molecule has 1 unspecified atom stereocenters. The lowest BCUT2D eigenvalue weighted by atomic mass is 9.85. The zero-order chi connectivity index (χ0) is 22.1. The monoisotopic (exact) mass is 422 g/mol. The minimum absolute atomic E-state index is 0.0250. The second-order valence-corrected chi connectivity index (χ2v) is 8.70. The first-order chi connectivity index (χ1) is 14.9. The number of hydrogen-bond donors (Lipinski definition) is 2. The first-order valence-corrected chi connectivity index (χ1v) is 11.2. The number of fused-ring (bicyclic) bond motifs is 1. The van der Waals surface area contributed by atoms with E-state index in [9.17, 15) is 4.79 Å². The lowest BCUT2D eigenvalue weighted by Crippen LogP contribution is -2.52. The molecule has 1 aromatic heterocycles. The molecule has 166 valence electrons. The lowest BCUT2D eigenvalue weighted by molar-refractivity contribution is -0.128. The highest BCUT2D eigenvalue weighted by Gasteiger charge is 2.33. The van der Waals surface area contributed by atoms with Crippen molar-refractivity contribution in [3.8, 4) is 11.1 Å². The van der Waals surface area contributed by atoms with Gasteiger partial charge in [-0.2, -0.15) is 5.10 Å². The Kier molecular flexibility index (Phi) is 6.05. The van der Waals surface area contributed by atoms with Gasteiger partial charge in [0.25, 0.3) is 0 Å². The number of benzene rings is 1. The Balaban J connectivity index is 1.72. The molecule has 0 fully saturated rings. The second-order valence-electron chi connectivity index (χ2n) is 8.70. The maximum Gasteiger partial charge on any atom is 0.219 e. The molecule has 0 bridgehead atoms. The number of nitrogens with zero attached hydrogens (tertiary/aromatic N) is 4. The highest BCUT2D eigenvalue weighted by molar-refractivity contribution is 5.74. The molecule has 0 aliphatic carbocycles. The number of aryl methyl sites for hydroxylation is 1. The average molecular weight is 423 g/mol. The molecule has 4 rings (SSSR count). The predicted molar refractivity (Wildman–Crippen MR) is 125 cm³/mol. The fourth-order valence-electron chi connectivity index (χ4n) is 5.01. The third kappa shape index (κ3) is 4.06. The third-order valence-corrected chi connectivity index (χ3v) is 6.81. The first kappa shape index (κ1) is 21.4. The van der Waals surface area contributed by atoms with Crippen molar-refractivity contribution in [2.24, 2.45) is 12.8 Å². The maximum absolute atomic E-state index is 12.0. The number of anilines is 1. The molecule has 0 radical (unpaired) electrons. The van der Waals surface area contributed by atoms with E-state index in [0.29, 0.717) is 19.0 Å². The van der Waals surface area contributed by atoms with E-state index in [0.717, 1.165) is 42.6 Å². The number of aromatic nitrogens is 2. The Morgan fingerprint density at radius 1 is 1.32 bits per heavy atom. The summed E-state index contributed by atoms with van der Waals surface area (Å²) >= 11 is 0. The standard InChI is InChI=1S/C24H34N6O/c1-5-17-8-11-30(24(26-3)21-15-29(16(2)31)10-9-22(21)25)23-7-6-18(12-20(17)23)19-13-27-28(4)14-19/h6-7,12-14,17,24,26H,5,8-11,15,25H2,1-4H3/t17-,24?/m0/s1. The minimum Gasteiger partial charge on any atom is -0.402 e. The van der Waals surface area contributed by atoms with Crippen molar-refractivity contribution in [2.75, 3.05) is 31.6 Å². The van der Waals surface area contributed by atoms with Gasteiger partial charge in [-0.1, -0.05) is 13.0 Å². The van der Waals surface area contributed by atoms with E-state index < -0.39 is 0 Å². The number of rotatable bonds is 5. The highest BCUT2D eigenvalue weighted by Crippen LogP contribution is 2.41. The van der Waals surface area contributed by atoms with Crippen molar-refractivity contribution in [1.29, 1.82) is 0 Å². The van der Waals surface area contributed by atoms with Gasteiger partial charge in [-0.15, -0.1) is 0 Å². The summed E-state index contributed by atoms with van der Waals surface area (Å²) in [7, 11) is 3.93. The molecule has 1 amide bonds. The molecule has 7 nitrogen and oxygen atoms in total. The highest BCUT2D eigenvalue weighted by atomic mass is 16.2. The quantitative estimate of drug-likeness (QED) is 0.775. The Hall–Kier alpha value is -2.80. The predicted octanol–water partition coefficient (Wildman–Crippen LogP) is 2.80. The summed E-state index contributed by atoms with van der Waals surface area (Å²) < 4.78 is 1.84. The fourth-order valence-corrected chi connectivity index (χ4v) is 5.01. The molecule has 7 heteroatoms. The number of likely N-dealkylation sites (N-methyl/N-ethyl adjacent to an activating group) is 1. The topological polar surface area (TPSA) is 79.4 Å². The van der Waals surface area contributed by atoms with E-state index in [4.69, 9.17) is 5.73 Å². The van der Waals surface area contributed by atoms with Crippen LogP contribution in [0.25, 0.3) is 11.1 Å². The van der Waals surface area contributed by atoms with Crippen molar-refractivity contribution in [1.82, 2.24) is 20.0 Å². The zero-order valence-electron chi connectivity index (χ0n) is 19.1. The molecule has 2 aliphatic rings. The van der Waals surface area contributed by atoms with Crippen LogP contribution in [0.3, 0.4) is 0 Å². The first-order valence-electron chi connectivity index (χ1n) is 11.2. The van der Waals surface area contributed by atoms with Gasteiger partial charge in [0.15, 0.2) is 0 Å². The van der Waals surface area contributed by atoms with Crippen molar-refractivity contribution in [2.45, 2.75) is 45.2 Å². The SMILES string of the molecule is CC[C@H]1CCN(C(NC)C2=C(N)CCN(C(C)=O)C2)c2ccc(-c3cnn(C)c3)cc21. The van der Waals surface area contributed by atoms with E-state index in [1.54, 1.807) is 6.92 Å². The lowest BCUT2D eigenvalue weighted by Gasteiger charge is -2.43. The molecule has 31 heavy (non-hydrogen) atoms. The van der Waals surface area contributed by atoms with Crippen LogP contribution in [0, 0.1) is 0 Å². The van der Waals surface area contributed by atoms with Crippen LogP contribution in [0.5, 0.6) is 0 Å². The Labute approximate surface area is 184 Å². The van der Waals surface area contributed by atoms with Gasteiger partial charge in [0.1, 0.15) is 6.17 Å². The van der Waals surface area contributed by atoms with E-state index >= 15 is 0 Å². The molecular formula is C24H34N6O. The summed E-state index contributed by atoms with van der Waals surface area (Å²) in [4.78, 5) is 16.3. The molecule has 1 aromatic carbocycles. The number of nitrogens with one attached hydrogen (secondary N) is 1. The summed E-state index contributed by atoms with van der Waals surface area (Å²) in [5.74, 6) is 0.637. The largest absolute Gasteiger partial charge is 0.402 e. The van der Waals surface area contributed by atoms with Gasteiger partial charge in [-0.25, -0.2) is 0 Å². The molecule has 0 saturated carbocycles. The fraction of sp³-hybridized carbons (Fsp3) is 0.500. The maximum atomic E-state index is 12.0. The van der Waals surface area contributed by atoms with Crippen LogP contribution in [0.1, 0.15) is 44.6 Å². The van der Waals surface area contributed by atoms with Gasteiger partial charge in [0.2, 0.25) is 5.91 Å². The molecular weight excluding hydrogens is 388 g/mol. The van der Waals surface area contributed by atoms with Gasteiger partial charge in [-0.3, -0.25) is 14.8 Å². The van der Waals surface area contributed by atoms with Crippen molar-refractivity contribution in [3.05, 3.63) is 47.4 Å². The molecule has 2 aliphatic heterocycles. The summed E-state index contributed by atoms with van der Waals surface area (Å²) in [5, 5.41) is 7.83. The number of nitrogens with two attached hydrogens (primary N) is 1. The van der Waals surface area contributed by atoms with Crippen LogP contribution in [0.2, 0.25) is 0 Å². The summed E-state index contributed by atoms with van der Waals surface area (Å²) in [5.41, 5.74) is 13.5. The average Bonchev–Trinajstić information content (AvgIpc) is 3.21. The van der Waals surface area contributed by atoms with E-state index in [1.807, 2.05) is 29.9 Å². The van der Waals surface area contributed by atoms with Crippen molar-refractivity contribution < 1.29 is 4.79 Å². The van der Waals surface area contributed by atoms with Crippen molar-refractivity contribution in [3.63, 3.8) is 0 Å². The van der Waals surface area contributed by atoms with Crippen LogP contribution in [0.4, 0.5) is 5.69 Å². The van der Waals surface area contributed by atoms with Crippen LogP contribution < -0.4 is 16.0 Å². The van der Waals surface area contributed by atoms with E-state index in [-0.39, 0.29) is 12.1 Å². The van der Waals surface area contributed by atoms with Crippen LogP contribution >= 0.6 is 0 Å². The smallest absolute Gasteiger partial charge is 0.219 e. The number of carbonyl (C=O) groups is 1. The van der Waals surface area contributed by atoms with Gasteiger partial charge >= 0.3 is 0 Å². The summed E-state index contributed by atoms with van der Waals surface area (Å²) in [6.07, 6.45) is 6.90. The molecule has 0 spiro atoms. The molecule has 3 N–H and O–H groups in total. The van der Waals surface area contributed by atoms with Gasteiger partial charge in [0.05, 0.1) is 6.20 Å². The van der Waals surface area contributed by atoms with Gasteiger partial charge in [-0.05, 0) is 49.1 Å².